The summed E-state index contributed by atoms with van der Waals surface area (Å²) < 4.78 is 0. The first-order valence-electron chi connectivity index (χ1n) is 6.17. The monoisotopic (exact) mass is 245 g/mol. The van der Waals surface area contributed by atoms with Crippen molar-refractivity contribution in [3.8, 4) is 0 Å². The van der Waals surface area contributed by atoms with Crippen LogP contribution in [-0.2, 0) is 4.79 Å². The molecule has 0 saturated heterocycles. The summed E-state index contributed by atoms with van der Waals surface area (Å²) in [7, 11) is 2.13. The Labute approximate surface area is 103 Å². The fraction of sp³-hybridized carbons (Fsp3) is 0.917. The fourth-order valence-electron chi connectivity index (χ4n) is 2.37. The van der Waals surface area contributed by atoms with Crippen LogP contribution in [0.2, 0.25) is 0 Å². The Morgan fingerprint density at radius 2 is 2.25 bits per heavy atom. The highest BCUT2D eigenvalue weighted by Crippen LogP contribution is 2.32. The Morgan fingerprint density at radius 1 is 1.50 bits per heavy atom. The molecule has 0 aromatic rings. The minimum Gasteiger partial charge on any atom is -0.481 e. The summed E-state index contributed by atoms with van der Waals surface area (Å²) in [6.45, 7) is 3.13. The van der Waals surface area contributed by atoms with Crippen molar-refractivity contribution in [2.45, 2.75) is 50.3 Å². The van der Waals surface area contributed by atoms with E-state index in [0.717, 1.165) is 18.2 Å². The molecule has 1 saturated carbocycles. The molecule has 0 spiro atoms. The molecular formula is C12H23NO2S. The number of aliphatic carboxylic acids is 1. The van der Waals surface area contributed by atoms with Gasteiger partial charge in [0.1, 0.15) is 0 Å². The second kappa shape index (κ2) is 7.17. The molecule has 3 nitrogen and oxygen atoms in total. The number of nitrogens with zero attached hydrogens (tertiary/aromatic N) is 1. The number of hydrogen-bond acceptors (Lipinski definition) is 3. The van der Waals surface area contributed by atoms with Crippen molar-refractivity contribution in [3.05, 3.63) is 0 Å². The van der Waals surface area contributed by atoms with Crippen molar-refractivity contribution in [1.82, 2.24) is 4.90 Å². The highest BCUT2D eigenvalue weighted by atomic mass is 32.2. The highest BCUT2D eigenvalue weighted by Gasteiger charge is 2.26. The first-order chi connectivity index (χ1) is 7.63. The molecule has 1 aliphatic rings. The summed E-state index contributed by atoms with van der Waals surface area (Å²) in [5.41, 5.74) is 0. The van der Waals surface area contributed by atoms with Gasteiger partial charge in [0.2, 0.25) is 0 Å². The van der Waals surface area contributed by atoms with Gasteiger partial charge in [0.15, 0.2) is 0 Å². The Morgan fingerprint density at radius 3 is 2.88 bits per heavy atom. The van der Waals surface area contributed by atoms with Gasteiger partial charge < -0.3 is 10.0 Å². The molecule has 1 N–H and O–H groups in total. The van der Waals surface area contributed by atoms with Crippen LogP contribution in [0.15, 0.2) is 0 Å². The van der Waals surface area contributed by atoms with E-state index >= 15 is 0 Å². The number of rotatable bonds is 7. The van der Waals surface area contributed by atoms with Gasteiger partial charge >= 0.3 is 5.97 Å². The largest absolute Gasteiger partial charge is 0.481 e. The Hall–Kier alpha value is -0.220. The average Bonchev–Trinajstić information content (AvgIpc) is 2.66. The van der Waals surface area contributed by atoms with Crippen LogP contribution in [0.3, 0.4) is 0 Å². The quantitative estimate of drug-likeness (QED) is 0.748. The van der Waals surface area contributed by atoms with E-state index in [9.17, 15) is 4.79 Å². The van der Waals surface area contributed by atoms with Gasteiger partial charge in [-0.15, -0.1) is 0 Å². The predicted molar refractivity (Wildman–Crippen MR) is 69.1 cm³/mol. The van der Waals surface area contributed by atoms with Crippen molar-refractivity contribution < 1.29 is 9.90 Å². The maximum absolute atomic E-state index is 10.4. The number of carbonyl (C=O) groups is 1. The molecular weight excluding hydrogens is 222 g/mol. The summed E-state index contributed by atoms with van der Waals surface area (Å²) >= 11 is 2.07. The first-order valence-corrected chi connectivity index (χ1v) is 7.22. The van der Waals surface area contributed by atoms with Crippen LogP contribution >= 0.6 is 11.8 Å². The first kappa shape index (κ1) is 13.8. The molecule has 0 unspecified atom stereocenters. The molecule has 0 bridgehead atoms. The average molecular weight is 245 g/mol. The van der Waals surface area contributed by atoms with Gasteiger partial charge in [-0.1, -0.05) is 6.92 Å². The molecule has 0 aromatic heterocycles. The third-order valence-corrected chi connectivity index (χ3v) is 4.52. The lowest BCUT2D eigenvalue weighted by Crippen LogP contribution is -2.30. The van der Waals surface area contributed by atoms with Crippen LogP contribution < -0.4 is 0 Å². The summed E-state index contributed by atoms with van der Waals surface area (Å²) in [4.78, 5) is 12.8. The van der Waals surface area contributed by atoms with E-state index in [-0.39, 0.29) is 0 Å². The van der Waals surface area contributed by atoms with Gasteiger partial charge in [-0.05, 0) is 45.0 Å². The maximum atomic E-state index is 10.4. The van der Waals surface area contributed by atoms with E-state index in [4.69, 9.17) is 5.11 Å². The summed E-state index contributed by atoms with van der Waals surface area (Å²) in [5, 5.41) is 9.41. The summed E-state index contributed by atoms with van der Waals surface area (Å²) in [6, 6.07) is 0.679. The zero-order valence-electron chi connectivity index (χ0n) is 10.3. The maximum Gasteiger partial charge on any atom is 0.303 e. The van der Waals surface area contributed by atoms with E-state index in [1.807, 2.05) is 0 Å². The van der Waals surface area contributed by atoms with E-state index in [2.05, 4.69) is 30.6 Å². The molecule has 16 heavy (non-hydrogen) atoms. The molecule has 1 aliphatic carbocycles. The van der Waals surface area contributed by atoms with E-state index in [1.54, 1.807) is 0 Å². The molecule has 4 heteroatoms. The van der Waals surface area contributed by atoms with Gasteiger partial charge in [0.25, 0.3) is 0 Å². The van der Waals surface area contributed by atoms with Crippen LogP contribution in [0.4, 0.5) is 0 Å². The van der Waals surface area contributed by atoms with E-state index in [0.29, 0.717) is 12.5 Å². The summed E-state index contributed by atoms with van der Waals surface area (Å²) in [5.74, 6) is 0.527. The number of thioether (sulfide) groups is 1. The molecule has 0 heterocycles. The minimum absolute atomic E-state index is 0.296. The number of carboxylic acids is 1. The zero-order chi connectivity index (χ0) is 12.0. The fourth-order valence-corrected chi connectivity index (χ4v) is 3.50. The van der Waals surface area contributed by atoms with E-state index in [1.165, 1.54) is 25.0 Å². The Bertz CT molecular complexity index is 223. The third-order valence-electron chi connectivity index (χ3n) is 3.28. The minimum atomic E-state index is -0.681. The predicted octanol–water partition coefficient (Wildman–Crippen LogP) is 2.46. The number of carboxylic acid groups (broad SMARTS) is 1. The molecule has 94 valence electrons. The highest BCUT2D eigenvalue weighted by molar-refractivity contribution is 7.99. The molecule has 0 radical (unpaired) electrons. The van der Waals surface area contributed by atoms with Crippen molar-refractivity contribution in [1.29, 1.82) is 0 Å². The van der Waals surface area contributed by atoms with Crippen molar-refractivity contribution in [2.24, 2.45) is 0 Å². The smallest absolute Gasteiger partial charge is 0.303 e. The Kier molecular flexibility index (Phi) is 6.21. The van der Waals surface area contributed by atoms with E-state index < -0.39 is 5.97 Å². The standard InChI is InChI=1S/C12H23NO2S/c1-3-16-11-7-6-10(9-11)13(2)8-4-5-12(14)15/h10-11H,3-9H2,1-2H3,(H,14,15)/t10-,11-/m1/s1. The zero-order valence-corrected chi connectivity index (χ0v) is 11.1. The van der Waals surface area contributed by atoms with Crippen LogP contribution in [0.25, 0.3) is 0 Å². The SMILES string of the molecule is CCS[C@@H]1CC[C@@H](N(C)CCCC(=O)O)C1. The number of hydrogen-bond donors (Lipinski definition) is 1. The molecule has 0 aromatic carbocycles. The topological polar surface area (TPSA) is 40.5 Å². The van der Waals surface area contributed by atoms with Crippen LogP contribution in [-0.4, -0.2) is 46.6 Å². The van der Waals surface area contributed by atoms with Gasteiger partial charge in [-0.3, -0.25) is 4.79 Å². The van der Waals surface area contributed by atoms with Crippen molar-refractivity contribution >= 4 is 17.7 Å². The van der Waals surface area contributed by atoms with Crippen molar-refractivity contribution in [2.75, 3.05) is 19.3 Å². The lowest BCUT2D eigenvalue weighted by molar-refractivity contribution is -0.137. The Balaban J connectivity index is 2.17. The van der Waals surface area contributed by atoms with Gasteiger partial charge in [0, 0.05) is 17.7 Å². The van der Waals surface area contributed by atoms with Crippen LogP contribution in [0, 0.1) is 0 Å². The molecule has 0 aliphatic heterocycles. The van der Waals surface area contributed by atoms with Gasteiger partial charge in [-0.2, -0.15) is 11.8 Å². The second-order valence-corrected chi connectivity index (χ2v) is 6.10. The molecule has 2 atom stereocenters. The third kappa shape index (κ3) is 4.74. The molecule has 1 rings (SSSR count). The summed E-state index contributed by atoms with van der Waals surface area (Å²) in [6.07, 6.45) is 4.95. The lowest BCUT2D eigenvalue weighted by Gasteiger charge is -2.24. The molecule has 0 amide bonds. The van der Waals surface area contributed by atoms with Gasteiger partial charge in [-0.25, -0.2) is 0 Å². The van der Waals surface area contributed by atoms with Crippen LogP contribution in [0.1, 0.15) is 39.0 Å². The van der Waals surface area contributed by atoms with Crippen molar-refractivity contribution in [3.63, 3.8) is 0 Å². The van der Waals surface area contributed by atoms with Crippen LogP contribution in [0.5, 0.6) is 0 Å². The lowest BCUT2D eigenvalue weighted by atomic mass is 10.2. The van der Waals surface area contributed by atoms with Gasteiger partial charge in [0.05, 0.1) is 0 Å². The second-order valence-electron chi connectivity index (χ2n) is 4.52. The molecule has 1 fully saturated rings. The normalized spacial score (nSPS) is 25.2.